The van der Waals surface area contributed by atoms with Crippen molar-refractivity contribution in [2.75, 3.05) is 18.5 Å². The first-order chi connectivity index (χ1) is 19.6. The van der Waals surface area contributed by atoms with Gasteiger partial charge in [0.2, 0.25) is 5.13 Å². The Bertz CT molecular complexity index is 1350. The largest absolute Gasteiger partial charge is 0.463 e. The van der Waals surface area contributed by atoms with E-state index in [0.29, 0.717) is 16.0 Å². The molecule has 15 nitrogen and oxygen atoms in total. The number of nitrogens with one attached hydrogen (secondary N) is 1. The number of rotatable bonds is 8. The molecule has 0 bridgehead atoms. The maximum absolute atomic E-state index is 12.0. The molecule has 2 aliphatic rings. The number of hydrogen-bond donors (Lipinski definition) is 1. The molecule has 17 heteroatoms. The van der Waals surface area contributed by atoms with Crippen molar-refractivity contribution in [1.82, 2.24) is 15.2 Å². The average Bonchev–Trinajstić information content (AvgIpc) is 3.56. The highest BCUT2D eigenvalue weighted by molar-refractivity contribution is 8.14. The van der Waals surface area contributed by atoms with E-state index in [-0.39, 0.29) is 18.3 Å². The van der Waals surface area contributed by atoms with Crippen LogP contribution in [0.15, 0.2) is 34.5 Å². The topological polar surface area (TPSA) is 190 Å². The molecule has 0 aromatic carbocycles. The van der Waals surface area contributed by atoms with Crippen molar-refractivity contribution in [3.63, 3.8) is 0 Å². The van der Waals surface area contributed by atoms with Gasteiger partial charge in [0.25, 0.3) is 0 Å². The Hall–Kier alpha value is -3.96. The predicted octanol–water partition coefficient (Wildman–Crippen LogP) is 1.60. The summed E-state index contributed by atoms with van der Waals surface area (Å²) in [6.45, 7) is 4.56. The third kappa shape index (κ3) is 8.27. The molecule has 5 atom stereocenters. The van der Waals surface area contributed by atoms with E-state index in [0.717, 1.165) is 31.2 Å². The van der Waals surface area contributed by atoms with Crippen LogP contribution in [0, 0.1) is 0 Å². The first-order valence-electron chi connectivity index (χ1n) is 12.2. The van der Waals surface area contributed by atoms with Crippen LogP contribution in [0.1, 0.15) is 27.7 Å². The summed E-state index contributed by atoms with van der Waals surface area (Å²) in [6, 6.07) is 3.67. The van der Waals surface area contributed by atoms with Crippen molar-refractivity contribution in [2.45, 2.75) is 57.5 Å². The van der Waals surface area contributed by atoms with Gasteiger partial charge in [0.15, 0.2) is 33.9 Å². The molecule has 0 saturated carbocycles. The van der Waals surface area contributed by atoms with Gasteiger partial charge in [0, 0.05) is 45.7 Å². The monoisotopic (exact) mass is 606 g/mol. The number of anilines is 1. The fourth-order valence-electron chi connectivity index (χ4n) is 3.85. The van der Waals surface area contributed by atoms with Crippen molar-refractivity contribution in [1.29, 1.82) is 0 Å². The Morgan fingerprint density at radius 2 is 1.71 bits per heavy atom. The van der Waals surface area contributed by atoms with Gasteiger partial charge in [0.05, 0.1) is 0 Å². The fraction of sp³-hybridized carbons (Fsp3) is 0.458. The lowest BCUT2D eigenvalue weighted by Gasteiger charge is -2.43. The Balaban J connectivity index is 1.53. The molecule has 2 aromatic heterocycles. The number of amidine groups is 2. The highest BCUT2D eigenvalue weighted by Gasteiger charge is 2.53. The molecule has 4 heterocycles. The van der Waals surface area contributed by atoms with Crippen LogP contribution in [0.5, 0.6) is 0 Å². The molecule has 0 spiro atoms. The predicted molar refractivity (Wildman–Crippen MR) is 146 cm³/mol. The molecular formula is C24H26N6O9S2. The molecule has 4 rings (SSSR count). The summed E-state index contributed by atoms with van der Waals surface area (Å²) >= 11 is 2.30. The maximum Gasteiger partial charge on any atom is 0.303 e. The zero-order valence-electron chi connectivity index (χ0n) is 22.3. The van der Waals surface area contributed by atoms with E-state index < -0.39 is 53.7 Å². The number of nitrogens with zero attached hydrogens (tertiary/aromatic N) is 5. The Morgan fingerprint density at radius 3 is 2.37 bits per heavy atom. The summed E-state index contributed by atoms with van der Waals surface area (Å²) in [4.78, 5) is 60.4. The van der Waals surface area contributed by atoms with Gasteiger partial charge in [-0.25, -0.2) is 4.99 Å². The van der Waals surface area contributed by atoms with Gasteiger partial charge >= 0.3 is 23.9 Å². The Kier molecular flexibility index (Phi) is 9.95. The number of hydrogen-bond acceptors (Lipinski definition) is 17. The van der Waals surface area contributed by atoms with Crippen molar-refractivity contribution < 1.29 is 42.9 Å². The van der Waals surface area contributed by atoms with Gasteiger partial charge in [-0.3, -0.25) is 29.2 Å². The summed E-state index contributed by atoms with van der Waals surface area (Å²) in [5.41, 5.74) is -0.209. The van der Waals surface area contributed by atoms with E-state index in [2.05, 4.69) is 30.5 Å². The fourth-order valence-corrected chi connectivity index (χ4v) is 5.66. The second-order valence-corrected chi connectivity index (χ2v) is 10.7. The molecule has 2 aliphatic heterocycles. The molecule has 1 N–H and O–H groups in total. The summed E-state index contributed by atoms with van der Waals surface area (Å²) in [7, 11) is 0. The minimum Gasteiger partial charge on any atom is -0.463 e. The lowest BCUT2D eigenvalue weighted by atomic mass is 9.99. The number of thioether (sulfide) groups is 1. The van der Waals surface area contributed by atoms with E-state index in [1.807, 2.05) is 6.07 Å². The first kappa shape index (κ1) is 30.0. The van der Waals surface area contributed by atoms with Crippen molar-refractivity contribution in [3.05, 3.63) is 24.5 Å². The number of ether oxygens (including phenoxy) is 5. The molecule has 41 heavy (non-hydrogen) atoms. The lowest BCUT2D eigenvalue weighted by Crippen LogP contribution is -2.61. The number of aromatic nitrogens is 3. The van der Waals surface area contributed by atoms with Crippen molar-refractivity contribution >= 4 is 63.1 Å². The SMILES string of the molecule is CC(=O)OC[C@H]1O[C@@H](SC2=NCC(Nc3nnc(-c4cccnc4)s3)=N2)[C@H](OC(C)=O)[C@@H](OC(C)=O)[C@@H]1OC(C)=O. The van der Waals surface area contributed by atoms with E-state index in [9.17, 15) is 19.2 Å². The lowest BCUT2D eigenvalue weighted by molar-refractivity contribution is -0.237. The van der Waals surface area contributed by atoms with Gasteiger partial charge in [-0.2, -0.15) is 0 Å². The third-order valence-electron chi connectivity index (χ3n) is 5.35. The zero-order chi connectivity index (χ0) is 29.5. The Morgan fingerprint density at radius 1 is 1.00 bits per heavy atom. The molecule has 0 amide bonds. The standard InChI is InChI=1S/C24H26N6O9S2/c1-11(31)35-10-16-18(36-12(2)32)19(37-13(3)33)20(38-14(4)34)22(39-16)41-23-26-9-17(27-23)28-24-30-29-21(40-24)15-6-5-7-25-8-15/h5-8,16,18-20,22H,9-10H2,1-4H3,(H,26,27,28,30)/t16-,18-,19+,20-,22+/m1/s1. The number of carbonyl (C=O) groups excluding carboxylic acids is 4. The number of aliphatic imine (C=N–C) groups is 2. The quantitative estimate of drug-likeness (QED) is 0.337. The molecule has 0 radical (unpaired) electrons. The molecule has 1 fully saturated rings. The highest BCUT2D eigenvalue weighted by Crippen LogP contribution is 2.36. The van der Waals surface area contributed by atoms with E-state index in [4.69, 9.17) is 23.7 Å². The average molecular weight is 607 g/mol. The molecule has 1 saturated heterocycles. The van der Waals surface area contributed by atoms with E-state index in [1.165, 1.54) is 25.2 Å². The van der Waals surface area contributed by atoms with Crippen LogP contribution in [-0.4, -0.2) is 93.1 Å². The molecular weight excluding hydrogens is 580 g/mol. The van der Waals surface area contributed by atoms with E-state index in [1.54, 1.807) is 18.5 Å². The number of pyridine rings is 1. The van der Waals surface area contributed by atoms with Gasteiger partial charge in [0.1, 0.15) is 25.1 Å². The number of carbonyl (C=O) groups is 4. The van der Waals surface area contributed by atoms with Gasteiger partial charge < -0.3 is 29.0 Å². The van der Waals surface area contributed by atoms with Gasteiger partial charge in [-0.15, -0.1) is 10.2 Å². The van der Waals surface area contributed by atoms with Crippen LogP contribution in [0.2, 0.25) is 0 Å². The molecule has 2 aromatic rings. The van der Waals surface area contributed by atoms with Crippen LogP contribution in [0.3, 0.4) is 0 Å². The second-order valence-electron chi connectivity index (χ2n) is 8.62. The summed E-state index contributed by atoms with van der Waals surface area (Å²) < 4.78 is 27.5. The molecule has 0 aliphatic carbocycles. The van der Waals surface area contributed by atoms with Gasteiger partial charge in [-0.05, 0) is 12.1 Å². The maximum atomic E-state index is 12.0. The third-order valence-corrected chi connectivity index (χ3v) is 7.28. The molecule has 218 valence electrons. The first-order valence-corrected chi connectivity index (χ1v) is 13.9. The summed E-state index contributed by atoms with van der Waals surface area (Å²) in [5, 5.41) is 12.8. The highest BCUT2D eigenvalue weighted by atomic mass is 32.2. The zero-order valence-corrected chi connectivity index (χ0v) is 24.0. The van der Waals surface area contributed by atoms with Crippen LogP contribution in [0.4, 0.5) is 5.13 Å². The second kappa shape index (κ2) is 13.6. The smallest absolute Gasteiger partial charge is 0.303 e. The minimum atomic E-state index is -1.28. The normalized spacial score (nSPS) is 23.6. The van der Waals surface area contributed by atoms with Crippen molar-refractivity contribution in [2.24, 2.45) is 9.98 Å². The van der Waals surface area contributed by atoms with Crippen LogP contribution in [0.25, 0.3) is 10.6 Å². The molecule has 0 unspecified atom stereocenters. The Labute approximate surface area is 242 Å². The number of esters is 4. The van der Waals surface area contributed by atoms with Crippen LogP contribution in [-0.2, 0) is 42.9 Å². The van der Waals surface area contributed by atoms with Crippen molar-refractivity contribution in [3.8, 4) is 10.6 Å². The van der Waals surface area contributed by atoms with Gasteiger partial charge in [-0.1, -0.05) is 23.1 Å². The summed E-state index contributed by atoms with van der Waals surface area (Å²) in [6.07, 6.45) is -1.45. The van der Waals surface area contributed by atoms with Crippen LogP contribution >= 0.6 is 23.1 Å². The van der Waals surface area contributed by atoms with Crippen LogP contribution < -0.4 is 5.32 Å². The summed E-state index contributed by atoms with van der Waals surface area (Å²) in [5.74, 6) is -2.24. The minimum absolute atomic E-state index is 0.190. The van der Waals surface area contributed by atoms with E-state index >= 15 is 0 Å².